The number of urea groups is 1. The molecule has 0 spiro atoms. The van der Waals surface area contributed by atoms with Crippen molar-refractivity contribution in [1.29, 1.82) is 0 Å². The molecular weight excluding hydrogens is 232 g/mol. The Morgan fingerprint density at radius 2 is 2.11 bits per heavy atom. The lowest BCUT2D eigenvalue weighted by Crippen LogP contribution is -2.54. The Kier molecular flexibility index (Phi) is 3.89. The maximum Gasteiger partial charge on any atom is 0.326 e. The van der Waals surface area contributed by atoms with Crippen LogP contribution in [0.1, 0.15) is 32.6 Å². The molecule has 18 heavy (non-hydrogen) atoms. The fourth-order valence-corrected chi connectivity index (χ4v) is 2.67. The van der Waals surface area contributed by atoms with E-state index in [0.717, 1.165) is 19.3 Å². The third-order valence-corrected chi connectivity index (χ3v) is 3.64. The lowest BCUT2D eigenvalue weighted by Gasteiger charge is -2.38. The van der Waals surface area contributed by atoms with Crippen molar-refractivity contribution < 1.29 is 14.7 Å². The number of amides is 2. The van der Waals surface area contributed by atoms with Crippen molar-refractivity contribution in [2.75, 3.05) is 19.6 Å². The molecule has 0 bridgehead atoms. The van der Waals surface area contributed by atoms with Crippen LogP contribution in [0.4, 0.5) is 4.79 Å². The largest absolute Gasteiger partial charge is 0.480 e. The topological polar surface area (TPSA) is 60.9 Å². The molecule has 1 N–H and O–H groups in total. The molecule has 5 nitrogen and oxygen atoms in total. The van der Waals surface area contributed by atoms with Crippen LogP contribution in [0.5, 0.6) is 0 Å². The predicted octanol–water partition coefficient (Wildman–Crippen LogP) is 1.70. The minimum Gasteiger partial charge on any atom is -0.480 e. The average Bonchev–Trinajstić information content (AvgIpc) is 2.38. The van der Waals surface area contributed by atoms with E-state index in [1.807, 2.05) is 6.92 Å². The molecule has 0 saturated carbocycles. The van der Waals surface area contributed by atoms with Gasteiger partial charge in [0.25, 0.3) is 0 Å². The number of nitrogens with zero attached hydrogens (tertiary/aromatic N) is 2. The van der Waals surface area contributed by atoms with Crippen LogP contribution in [0.3, 0.4) is 0 Å². The SMILES string of the molecule is CC1=CCCN(C(=O)N2CCCCC2C(=O)O)C1. The highest BCUT2D eigenvalue weighted by atomic mass is 16.4. The van der Waals surface area contributed by atoms with E-state index in [4.69, 9.17) is 0 Å². The normalized spacial score (nSPS) is 24.7. The van der Waals surface area contributed by atoms with Crippen molar-refractivity contribution in [1.82, 2.24) is 9.80 Å². The third kappa shape index (κ3) is 2.66. The molecule has 0 aliphatic carbocycles. The Morgan fingerprint density at radius 1 is 1.33 bits per heavy atom. The summed E-state index contributed by atoms with van der Waals surface area (Å²) in [4.78, 5) is 26.9. The van der Waals surface area contributed by atoms with Crippen molar-refractivity contribution in [2.45, 2.75) is 38.6 Å². The van der Waals surface area contributed by atoms with Gasteiger partial charge in [-0.15, -0.1) is 0 Å². The van der Waals surface area contributed by atoms with Crippen molar-refractivity contribution in [3.8, 4) is 0 Å². The van der Waals surface area contributed by atoms with Crippen LogP contribution in [0.25, 0.3) is 0 Å². The summed E-state index contributed by atoms with van der Waals surface area (Å²) in [7, 11) is 0. The molecule has 0 aromatic carbocycles. The maximum atomic E-state index is 12.4. The molecule has 0 radical (unpaired) electrons. The van der Waals surface area contributed by atoms with Crippen LogP contribution in [-0.2, 0) is 4.79 Å². The van der Waals surface area contributed by atoms with E-state index in [2.05, 4.69) is 6.08 Å². The number of aliphatic carboxylic acids is 1. The number of piperidine rings is 1. The van der Waals surface area contributed by atoms with E-state index in [1.54, 1.807) is 4.90 Å². The van der Waals surface area contributed by atoms with Crippen molar-refractivity contribution in [3.63, 3.8) is 0 Å². The first-order valence-corrected chi connectivity index (χ1v) is 6.53. The summed E-state index contributed by atoms with van der Waals surface area (Å²) in [5, 5.41) is 9.18. The van der Waals surface area contributed by atoms with Gasteiger partial charge in [-0.25, -0.2) is 9.59 Å². The zero-order valence-corrected chi connectivity index (χ0v) is 10.8. The summed E-state index contributed by atoms with van der Waals surface area (Å²) in [5.74, 6) is -0.882. The van der Waals surface area contributed by atoms with Crippen LogP contribution < -0.4 is 0 Å². The Morgan fingerprint density at radius 3 is 2.78 bits per heavy atom. The van der Waals surface area contributed by atoms with Gasteiger partial charge in [-0.1, -0.05) is 11.6 Å². The fourth-order valence-electron chi connectivity index (χ4n) is 2.67. The van der Waals surface area contributed by atoms with Gasteiger partial charge in [0.05, 0.1) is 0 Å². The third-order valence-electron chi connectivity index (χ3n) is 3.64. The second kappa shape index (κ2) is 5.42. The van der Waals surface area contributed by atoms with Gasteiger partial charge in [-0.2, -0.15) is 0 Å². The Balaban J connectivity index is 2.06. The number of rotatable bonds is 1. The highest BCUT2D eigenvalue weighted by Gasteiger charge is 2.34. The van der Waals surface area contributed by atoms with E-state index in [0.29, 0.717) is 26.1 Å². The van der Waals surface area contributed by atoms with Gasteiger partial charge >= 0.3 is 12.0 Å². The Bertz CT molecular complexity index is 378. The second-order valence-corrected chi connectivity index (χ2v) is 5.09. The van der Waals surface area contributed by atoms with Gasteiger partial charge in [0, 0.05) is 19.6 Å². The molecule has 2 rings (SSSR count). The molecule has 2 aliphatic heterocycles. The number of carbonyl (C=O) groups is 2. The number of carbonyl (C=O) groups excluding carboxylic acids is 1. The summed E-state index contributed by atoms with van der Waals surface area (Å²) in [6, 6.07) is -0.757. The summed E-state index contributed by atoms with van der Waals surface area (Å²) in [6.07, 6.45) is 5.36. The lowest BCUT2D eigenvalue weighted by atomic mass is 10.0. The number of carboxylic acids is 1. The second-order valence-electron chi connectivity index (χ2n) is 5.09. The maximum absolute atomic E-state index is 12.4. The standard InChI is InChI=1S/C13H20N2O3/c1-10-5-4-7-14(9-10)13(18)15-8-3-2-6-11(15)12(16)17/h5,11H,2-4,6-9H2,1H3,(H,16,17). The molecule has 1 saturated heterocycles. The number of carboxylic acid groups (broad SMARTS) is 1. The Labute approximate surface area is 107 Å². The highest BCUT2D eigenvalue weighted by Crippen LogP contribution is 2.20. The number of hydrogen-bond acceptors (Lipinski definition) is 2. The molecule has 0 aromatic heterocycles. The van der Waals surface area contributed by atoms with Crippen LogP contribution in [0.2, 0.25) is 0 Å². The van der Waals surface area contributed by atoms with Crippen LogP contribution in [0, 0.1) is 0 Å². The van der Waals surface area contributed by atoms with Gasteiger partial charge in [0.1, 0.15) is 6.04 Å². The summed E-state index contributed by atoms with van der Waals surface area (Å²) in [5.41, 5.74) is 1.18. The summed E-state index contributed by atoms with van der Waals surface area (Å²) < 4.78 is 0. The first-order chi connectivity index (χ1) is 8.59. The first-order valence-electron chi connectivity index (χ1n) is 6.53. The van der Waals surface area contributed by atoms with Crippen molar-refractivity contribution >= 4 is 12.0 Å². The van der Waals surface area contributed by atoms with E-state index in [-0.39, 0.29) is 6.03 Å². The minimum absolute atomic E-state index is 0.116. The van der Waals surface area contributed by atoms with E-state index < -0.39 is 12.0 Å². The molecule has 0 aromatic rings. The molecule has 1 atom stereocenters. The summed E-state index contributed by atoms with van der Waals surface area (Å²) >= 11 is 0. The van der Waals surface area contributed by atoms with Crippen LogP contribution in [0.15, 0.2) is 11.6 Å². The van der Waals surface area contributed by atoms with Crippen LogP contribution in [-0.4, -0.2) is 52.6 Å². The van der Waals surface area contributed by atoms with E-state index in [9.17, 15) is 14.7 Å². The lowest BCUT2D eigenvalue weighted by molar-refractivity contribution is -0.143. The molecule has 1 unspecified atom stereocenters. The minimum atomic E-state index is -0.882. The molecular formula is C13H20N2O3. The van der Waals surface area contributed by atoms with E-state index >= 15 is 0 Å². The average molecular weight is 252 g/mol. The molecule has 1 fully saturated rings. The number of hydrogen-bond donors (Lipinski definition) is 1. The Hall–Kier alpha value is -1.52. The zero-order valence-electron chi connectivity index (χ0n) is 10.8. The van der Waals surface area contributed by atoms with Gasteiger partial charge < -0.3 is 14.9 Å². The molecule has 2 aliphatic rings. The molecule has 100 valence electrons. The summed E-state index contributed by atoms with van der Waals surface area (Å²) in [6.45, 7) is 3.89. The van der Waals surface area contributed by atoms with Crippen LogP contribution >= 0.6 is 0 Å². The van der Waals surface area contributed by atoms with Gasteiger partial charge in [0.2, 0.25) is 0 Å². The first kappa shape index (κ1) is 12.9. The highest BCUT2D eigenvalue weighted by molar-refractivity contribution is 5.83. The molecule has 5 heteroatoms. The van der Waals surface area contributed by atoms with Crippen molar-refractivity contribution in [2.24, 2.45) is 0 Å². The molecule has 2 amide bonds. The fraction of sp³-hybridized carbons (Fsp3) is 0.692. The van der Waals surface area contributed by atoms with Crippen molar-refractivity contribution in [3.05, 3.63) is 11.6 Å². The van der Waals surface area contributed by atoms with Gasteiger partial charge in [-0.3, -0.25) is 0 Å². The predicted molar refractivity (Wildman–Crippen MR) is 67.3 cm³/mol. The zero-order chi connectivity index (χ0) is 13.1. The van der Waals surface area contributed by atoms with Gasteiger partial charge in [0.15, 0.2) is 0 Å². The number of likely N-dealkylation sites (tertiary alicyclic amines) is 1. The van der Waals surface area contributed by atoms with Gasteiger partial charge in [-0.05, 0) is 32.6 Å². The monoisotopic (exact) mass is 252 g/mol. The van der Waals surface area contributed by atoms with E-state index in [1.165, 1.54) is 10.5 Å². The smallest absolute Gasteiger partial charge is 0.326 e. The quantitative estimate of drug-likeness (QED) is 0.722. The molecule has 2 heterocycles.